The first kappa shape index (κ1) is 11.3. The zero-order chi connectivity index (χ0) is 11.6. The maximum absolute atomic E-state index is 5.75. The maximum Gasteiger partial charge on any atom is 0.234 e. The molecule has 1 atom stereocenters. The zero-order valence-electron chi connectivity index (χ0n) is 9.43. The first-order valence-corrected chi connectivity index (χ1v) is 6.20. The Kier molecular flexibility index (Phi) is 3.07. The Labute approximate surface area is 98.5 Å². The molecule has 0 saturated carbocycles. The van der Waals surface area contributed by atoms with Crippen molar-refractivity contribution in [3.63, 3.8) is 0 Å². The zero-order valence-corrected chi connectivity index (χ0v) is 10.3. The molecule has 2 aromatic rings. The molecule has 0 fully saturated rings. The van der Waals surface area contributed by atoms with Crippen LogP contribution in [0.25, 0.3) is 11.4 Å². The summed E-state index contributed by atoms with van der Waals surface area (Å²) in [7, 11) is 0. The standard InChI is InChI=1S/C11H15N3OS/c1-3-11(2,7-12)10-13-9(14-15-10)8-4-5-16-6-8/h4-6H,3,7,12H2,1-2H3. The summed E-state index contributed by atoms with van der Waals surface area (Å²) in [5, 5.41) is 7.98. The average molecular weight is 237 g/mol. The topological polar surface area (TPSA) is 64.9 Å². The summed E-state index contributed by atoms with van der Waals surface area (Å²) in [6.45, 7) is 4.62. The highest BCUT2D eigenvalue weighted by Crippen LogP contribution is 2.27. The van der Waals surface area contributed by atoms with Crippen molar-refractivity contribution in [3.8, 4) is 11.4 Å². The van der Waals surface area contributed by atoms with E-state index in [4.69, 9.17) is 10.3 Å². The molecule has 5 heteroatoms. The molecule has 2 rings (SSSR count). The van der Waals surface area contributed by atoms with Crippen molar-refractivity contribution in [1.82, 2.24) is 10.1 Å². The van der Waals surface area contributed by atoms with Crippen molar-refractivity contribution >= 4 is 11.3 Å². The molecule has 0 aromatic carbocycles. The Bertz CT molecular complexity index is 446. The van der Waals surface area contributed by atoms with Crippen LogP contribution >= 0.6 is 11.3 Å². The molecule has 0 amide bonds. The van der Waals surface area contributed by atoms with Gasteiger partial charge < -0.3 is 10.3 Å². The lowest BCUT2D eigenvalue weighted by Crippen LogP contribution is -2.31. The number of thiophene rings is 1. The van der Waals surface area contributed by atoms with Crippen molar-refractivity contribution in [3.05, 3.63) is 22.7 Å². The van der Waals surface area contributed by atoms with Gasteiger partial charge in [-0.25, -0.2) is 0 Å². The van der Waals surface area contributed by atoms with Gasteiger partial charge in [0.15, 0.2) is 0 Å². The number of rotatable bonds is 4. The van der Waals surface area contributed by atoms with Crippen molar-refractivity contribution in [1.29, 1.82) is 0 Å². The second-order valence-corrected chi connectivity index (χ2v) is 4.83. The van der Waals surface area contributed by atoms with Crippen molar-refractivity contribution < 1.29 is 4.52 Å². The summed E-state index contributed by atoms with van der Waals surface area (Å²) in [6.07, 6.45) is 0.884. The van der Waals surface area contributed by atoms with E-state index in [9.17, 15) is 0 Å². The number of hydrogen-bond acceptors (Lipinski definition) is 5. The summed E-state index contributed by atoms with van der Waals surface area (Å²) in [4.78, 5) is 4.42. The molecule has 0 saturated heterocycles. The van der Waals surface area contributed by atoms with Gasteiger partial charge in [0, 0.05) is 17.5 Å². The third-order valence-corrected chi connectivity index (χ3v) is 3.64. The van der Waals surface area contributed by atoms with Crippen LogP contribution in [0.1, 0.15) is 26.2 Å². The number of hydrogen-bond donors (Lipinski definition) is 1. The molecule has 2 aromatic heterocycles. The fourth-order valence-corrected chi connectivity index (χ4v) is 1.99. The third-order valence-electron chi connectivity index (χ3n) is 2.95. The van der Waals surface area contributed by atoms with Gasteiger partial charge in [-0.15, -0.1) is 0 Å². The molecule has 0 bridgehead atoms. The minimum Gasteiger partial charge on any atom is -0.338 e. The van der Waals surface area contributed by atoms with E-state index in [2.05, 4.69) is 17.1 Å². The summed E-state index contributed by atoms with van der Waals surface area (Å²) < 4.78 is 5.30. The molecule has 86 valence electrons. The third kappa shape index (κ3) is 1.88. The average Bonchev–Trinajstić information content (AvgIpc) is 2.97. The number of nitrogens with two attached hydrogens (primary N) is 1. The van der Waals surface area contributed by atoms with Gasteiger partial charge in [-0.2, -0.15) is 16.3 Å². The molecule has 1 unspecified atom stereocenters. The predicted octanol–water partition coefficient (Wildman–Crippen LogP) is 2.42. The van der Waals surface area contributed by atoms with E-state index in [0.717, 1.165) is 12.0 Å². The van der Waals surface area contributed by atoms with Gasteiger partial charge in [0.25, 0.3) is 0 Å². The largest absolute Gasteiger partial charge is 0.338 e. The van der Waals surface area contributed by atoms with Crippen molar-refractivity contribution in [2.75, 3.05) is 6.54 Å². The number of aromatic nitrogens is 2. The van der Waals surface area contributed by atoms with E-state index >= 15 is 0 Å². The van der Waals surface area contributed by atoms with E-state index in [1.165, 1.54) is 0 Å². The van der Waals surface area contributed by atoms with Gasteiger partial charge in [-0.05, 0) is 24.8 Å². The quantitative estimate of drug-likeness (QED) is 0.887. The highest BCUT2D eigenvalue weighted by Gasteiger charge is 2.29. The molecular weight excluding hydrogens is 222 g/mol. The van der Waals surface area contributed by atoms with E-state index in [-0.39, 0.29) is 5.41 Å². The first-order valence-electron chi connectivity index (χ1n) is 5.26. The van der Waals surface area contributed by atoms with Gasteiger partial charge in [-0.1, -0.05) is 12.1 Å². The van der Waals surface area contributed by atoms with Crippen LogP contribution in [0.4, 0.5) is 0 Å². The smallest absolute Gasteiger partial charge is 0.234 e. The highest BCUT2D eigenvalue weighted by atomic mass is 32.1. The lowest BCUT2D eigenvalue weighted by Gasteiger charge is -2.20. The van der Waals surface area contributed by atoms with Crippen molar-refractivity contribution in [2.45, 2.75) is 25.7 Å². The van der Waals surface area contributed by atoms with Crippen LogP contribution < -0.4 is 5.73 Å². The van der Waals surface area contributed by atoms with Crippen LogP contribution in [0, 0.1) is 0 Å². The number of nitrogens with zero attached hydrogens (tertiary/aromatic N) is 2. The molecule has 0 aliphatic rings. The van der Waals surface area contributed by atoms with Crippen LogP contribution in [0.5, 0.6) is 0 Å². The Morgan fingerprint density at radius 2 is 2.38 bits per heavy atom. The normalized spacial score (nSPS) is 14.9. The van der Waals surface area contributed by atoms with Gasteiger partial charge >= 0.3 is 0 Å². The Balaban J connectivity index is 2.33. The molecular formula is C11H15N3OS. The first-order chi connectivity index (χ1) is 7.69. The minimum absolute atomic E-state index is 0.221. The molecule has 16 heavy (non-hydrogen) atoms. The fourth-order valence-electron chi connectivity index (χ4n) is 1.36. The van der Waals surface area contributed by atoms with E-state index in [1.54, 1.807) is 11.3 Å². The molecule has 0 aliphatic carbocycles. The molecule has 0 spiro atoms. The molecule has 0 radical (unpaired) electrons. The fraction of sp³-hybridized carbons (Fsp3) is 0.455. The van der Waals surface area contributed by atoms with Crippen LogP contribution in [-0.4, -0.2) is 16.7 Å². The summed E-state index contributed by atoms with van der Waals surface area (Å²) in [6, 6.07) is 1.98. The van der Waals surface area contributed by atoms with Crippen LogP contribution in [-0.2, 0) is 5.41 Å². The summed E-state index contributed by atoms with van der Waals surface area (Å²) in [5.74, 6) is 1.27. The van der Waals surface area contributed by atoms with E-state index in [0.29, 0.717) is 18.3 Å². The summed E-state index contributed by atoms with van der Waals surface area (Å²) in [5.41, 5.74) is 6.53. The second kappa shape index (κ2) is 4.35. The molecule has 2 heterocycles. The summed E-state index contributed by atoms with van der Waals surface area (Å²) >= 11 is 1.62. The second-order valence-electron chi connectivity index (χ2n) is 4.05. The van der Waals surface area contributed by atoms with Gasteiger partial charge in [0.1, 0.15) is 0 Å². The maximum atomic E-state index is 5.75. The van der Waals surface area contributed by atoms with Crippen molar-refractivity contribution in [2.24, 2.45) is 5.73 Å². The Morgan fingerprint density at radius 3 is 2.94 bits per heavy atom. The monoisotopic (exact) mass is 237 g/mol. The van der Waals surface area contributed by atoms with Gasteiger partial charge in [0.2, 0.25) is 11.7 Å². The highest BCUT2D eigenvalue weighted by molar-refractivity contribution is 7.08. The Hall–Kier alpha value is -1.20. The lowest BCUT2D eigenvalue weighted by atomic mass is 9.88. The minimum atomic E-state index is -0.221. The predicted molar refractivity (Wildman–Crippen MR) is 64.3 cm³/mol. The SMILES string of the molecule is CCC(C)(CN)c1nc(-c2ccsc2)no1. The van der Waals surface area contributed by atoms with Gasteiger partial charge in [-0.3, -0.25) is 0 Å². The Morgan fingerprint density at radius 1 is 1.56 bits per heavy atom. The van der Waals surface area contributed by atoms with Crippen LogP contribution in [0.2, 0.25) is 0 Å². The van der Waals surface area contributed by atoms with E-state index < -0.39 is 0 Å². The van der Waals surface area contributed by atoms with E-state index in [1.807, 2.05) is 23.8 Å². The van der Waals surface area contributed by atoms with Gasteiger partial charge in [0.05, 0.1) is 5.41 Å². The molecule has 2 N–H and O–H groups in total. The molecule has 4 nitrogen and oxygen atoms in total. The lowest BCUT2D eigenvalue weighted by molar-refractivity contribution is 0.291. The molecule has 0 aliphatic heterocycles. The van der Waals surface area contributed by atoms with Crippen LogP contribution in [0.15, 0.2) is 21.3 Å². The van der Waals surface area contributed by atoms with Crippen LogP contribution in [0.3, 0.4) is 0 Å².